The first-order valence-electron chi connectivity index (χ1n) is 5.60. The number of piperidine rings is 1. The molecule has 2 rings (SSSR count). The van der Waals surface area contributed by atoms with Gasteiger partial charge in [-0.3, -0.25) is 19.7 Å². The van der Waals surface area contributed by atoms with Crippen molar-refractivity contribution in [3.8, 4) is 5.75 Å². The largest absolute Gasteiger partial charge is 0.508 e. The zero-order valence-corrected chi connectivity index (χ0v) is 9.77. The van der Waals surface area contributed by atoms with Crippen LogP contribution in [0, 0.1) is 5.82 Å². The minimum Gasteiger partial charge on any atom is -0.508 e. The number of phenols is 1. The van der Waals surface area contributed by atoms with E-state index in [0.717, 1.165) is 12.1 Å². The smallest absolute Gasteiger partial charge is 0.254 e. The van der Waals surface area contributed by atoms with Crippen molar-refractivity contribution in [2.75, 3.05) is 0 Å². The lowest BCUT2D eigenvalue weighted by Crippen LogP contribution is -2.52. The molecule has 0 bridgehead atoms. The molecule has 100 valence electrons. The van der Waals surface area contributed by atoms with Gasteiger partial charge in [-0.1, -0.05) is 0 Å². The van der Waals surface area contributed by atoms with Gasteiger partial charge in [0.25, 0.3) is 5.91 Å². The SMILES string of the molecule is O=C1CC[C@H](NC(=O)c2ccc(O)cc2F)C(=O)N1. The predicted octanol–water partition coefficient (Wildman–Crippen LogP) is 0.0663. The quantitative estimate of drug-likeness (QED) is 0.660. The standard InChI is InChI=1S/C12H11FN2O4/c13-8-5-6(16)1-2-7(8)11(18)14-9-3-4-10(17)15-12(9)19/h1-2,5,9,16H,3-4H2,(H,14,18)(H,15,17,19)/t9-/m0/s1. The van der Waals surface area contributed by atoms with Gasteiger partial charge in [0.05, 0.1) is 5.56 Å². The van der Waals surface area contributed by atoms with E-state index < -0.39 is 29.6 Å². The number of nitrogens with one attached hydrogen (secondary N) is 2. The second-order valence-corrected chi connectivity index (χ2v) is 4.14. The lowest BCUT2D eigenvalue weighted by Gasteiger charge is -2.21. The Hall–Kier alpha value is -2.44. The zero-order chi connectivity index (χ0) is 14.0. The summed E-state index contributed by atoms with van der Waals surface area (Å²) in [6, 6.07) is 2.23. The van der Waals surface area contributed by atoms with Gasteiger partial charge in [0.1, 0.15) is 17.6 Å². The van der Waals surface area contributed by atoms with Crippen molar-refractivity contribution < 1.29 is 23.9 Å². The fourth-order valence-electron chi connectivity index (χ4n) is 1.76. The molecule has 1 atom stereocenters. The molecule has 0 unspecified atom stereocenters. The van der Waals surface area contributed by atoms with Gasteiger partial charge in [-0.25, -0.2) is 4.39 Å². The Balaban J connectivity index is 2.09. The van der Waals surface area contributed by atoms with Crippen molar-refractivity contribution in [3.63, 3.8) is 0 Å². The van der Waals surface area contributed by atoms with Crippen molar-refractivity contribution in [2.24, 2.45) is 0 Å². The summed E-state index contributed by atoms with van der Waals surface area (Å²) in [7, 11) is 0. The summed E-state index contributed by atoms with van der Waals surface area (Å²) in [5.41, 5.74) is -0.275. The van der Waals surface area contributed by atoms with E-state index in [2.05, 4.69) is 10.6 Å². The highest BCUT2D eigenvalue weighted by Gasteiger charge is 2.28. The van der Waals surface area contributed by atoms with Crippen LogP contribution in [0.5, 0.6) is 5.75 Å². The molecule has 1 aromatic rings. The maximum atomic E-state index is 13.4. The molecule has 0 aromatic heterocycles. The molecule has 1 heterocycles. The number of hydrogen-bond donors (Lipinski definition) is 3. The topological polar surface area (TPSA) is 95.5 Å². The fraction of sp³-hybridized carbons (Fsp3) is 0.250. The Morgan fingerprint density at radius 3 is 2.79 bits per heavy atom. The zero-order valence-electron chi connectivity index (χ0n) is 9.77. The van der Waals surface area contributed by atoms with Crippen LogP contribution in [-0.4, -0.2) is 28.9 Å². The minimum absolute atomic E-state index is 0.120. The van der Waals surface area contributed by atoms with E-state index in [1.54, 1.807) is 0 Å². The van der Waals surface area contributed by atoms with E-state index in [1.165, 1.54) is 6.07 Å². The molecular weight excluding hydrogens is 255 g/mol. The van der Waals surface area contributed by atoms with Gasteiger partial charge in [-0.05, 0) is 18.6 Å². The monoisotopic (exact) mass is 266 g/mol. The number of hydrogen-bond acceptors (Lipinski definition) is 4. The average Bonchev–Trinajstić information content (AvgIpc) is 2.32. The summed E-state index contributed by atoms with van der Waals surface area (Å²) in [5.74, 6) is -2.96. The lowest BCUT2D eigenvalue weighted by atomic mass is 10.1. The third-order valence-electron chi connectivity index (χ3n) is 2.74. The summed E-state index contributed by atoms with van der Waals surface area (Å²) in [6.45, 7) is 0. The van der Waals surface area contributed by atoms with Crippen LogP contribution in [0.15, 0.2) is 18.2 Å². The molecule has 1 saturated heterocycles. The highest BCUT2D eigenvalue weighted by Crippen LogP contribution is 2.15. The molecule has 3 amide bonds. The molecule has 3 N–H and O–H groups in total. The summed E-state index contributed by atoms with van der Waals surface area (Å²) >= 11 is 0. The Morgan fingerprint density at radius 2 is 2.16 bits per heavy atom. The first-order chi connectivity index (χ1) is 8.97. The molecule has 0 radical (unpaired) electrons. The van der Waals surface area contributed by atoms with Gasteiger partial charge in [0.2, 0.25) is 11.8 Å². The molecule has 0 saturated carbocycles. The summed E-state index contributed by atoms with van der Waals surface area (Å²) in [5, 5.41) is 13.5. The van der Waals surface area contributed by atoms with E-state index >= 15 is 0 Å². The number of rotatable bonds is 2. The van der Waals surface area contributed by atoms with Crippen LogP contribution in [0.4, 0.5) is 4.39 Å². The van der Waals surface area contributed by atoms with Crippen LogP contribution in [0.3, 0.4) is 0 Å². The van der Waals surface area contributed by atoms with E-state index in [9.17, 15) is 18.8 Å². The first kappa shape index (κ1) is 13.0. The van der Waals surface area contributed by atoms with Gasteiger partial charge >= 0.3 is 0 Å². The van der Waals surface area contributed by atoms with Crippen LogP contribution < -0.4 is 10.6 Å². The number of aromatic hydroxyl groups is 1. The van der Waals surface area contributed by atoms with Crippen molar-refractivity contribution in [1.29, 1.82) is 0 Å². The van der Waals surface area contributed by atoms with Crippen molar-refractivity contribution >= 4 is 17.7 Å². The Kier molecular flexibility index (Phi) is 3.46. The highest BCUT2D eigenvalue weighted by atomic mass is 19.1. The van der Waals surface area contributed by atoms with Crippen molar-refractivity contribution in [3.05, 3.63) is 29.6 Å². The third-order valence-corrected chi connectivity index (χ3v) is 2.74. The molecule has 0 aliphatic carbocycles. The van der Waals surface area contributed by atoms with E-state index in [1.807, 2.05) is 0 Å². The molecule has 19 heavy (non-hydrogen) atoms. The molecule has 1 aromatic carbocycles. The molecule has 1 aliphatic heterocycles. The Labute approximate surface area is 107 Å². The highest BCUT2D eigenvalue weighted by molar-refractivity contribution is 6.03. The van der Waals surface area contributed by atoms with Crippen LogP contribution in [0.1, 0.15) is 23.2 Å². The fourth-order valence-corrected chi connectivity index (χ4v) is 1.76. The number of carbonyl (C=O) groups excluding carboxylic acids is 3. The Morgan fingerprint density at radius 1 is 1.42 bits per heavy atom. The van der Waals surface area contributed by atoms with E-state index in [0.29, 0.717) is 0 Å². The minimum atomic E-state index is -0.884. The Bertz CT molecular complexity index is 559. The van der Waals surface area contributed by atoms with Crippen molar-refractivity contribution in [1.82, 2.24) is 10.6 Å². The molecule has 7 heteroatoms. The lowest BCUT2D eigenvalue weighted by molar-refractivity contribution is -0.134. The number of amides is 3. The second kappa shape index (κ2) is 5.05. The van der Waals surface area contributed by atoms with E-state index in [4.69, 9.17) is 5.11 Å². The second-order valence-electron chi connectivity index (χ2n) is 4.14. The first-order valence-corrected chi connectivity index (χ1v) is 5.60. The van der Waals surface area contributed by atoms with Crippen LogP contribution in [-0.2, 0) is 9.59 Å². The number of carbonyl (C=O) groups is 3. The molecular formula is C12H11FN2O4. The van der Waals surface area contributed by atoms with Crippen LogP contribution in [0.25, 0.3) is 0 Å². The average molecular weight is 266 g/mol. The summed E-state index contributed by atoms with van der Waals surface area (Å²) < 4.78 is 13.4. The van der Waals surface area contributed by atoms with Gasteiger partial charge < -0.3 is 10.4 Å². The number of phenolic OH excluding ortho intramolecular Hbond substituents is 1. The number of benzene rings is 1. The maximum absolute atomic E-state index is 13.4. The van der Waals surface area contributed by atoms with Gasteiger partial charge in [-0.15, -0.1) is 0 Å². The number of halogens is 1. The molecule has 0 spiro atoms. The van der Waals surface area contributed by atoms with Crippen LogP contribution >= 0.6 is 0 Å². The van der Waals surface area contributed by atoms with Crippen LogP contribution in [0.2, 0.25) is 0 Å². The van der Waals surface area contributed by atoms with Gasteiger partial charge in [-0.2, -0.15) is 0 Å². The van der Waals surface area contributed by atoms with Gasteiger partial charge in [0, 0.05) is 12.5 Å². The van der Waals surface area contributed by atoms with E-state index in [-0.39, 0.29) is 24.2 Å². The molecule has 6 nitrogen and oxygen atoms in total. The summed E-state index contributed by atoms with van der Waals surface area (Å²) in [6.07, 6.45) is 0.296. The number of imide groups is 1. The maximum Gasteiger partial charge on any atom is 0.254 e. The van der Waals surface area contributed by atoms with Gasteiger partial charge in [0.15, 0.2) is 0 Å². The predicted molar refractivity (Wildman–Crippen MR) is 61.7 cm³/mol. The molecule has 1 aliphatic rings. The summed E-state index contributed by atoms with van der Waals surface area (Å²) in [4.78, 5) is 34.1. The molecule has 1 fully saturated rings. The normalized spacial score (nSPS) is 18.9. The van der Waals surface area contributed by atoms with Crippen molar-refractivity contribution in [2.45, 2.75) is 18.9 Å². The third kappa shape index (κ3) is 2.87.